The summed E-state index contributed by atoms with van der Waals surface area (Å²) in [6.45, 7) is 5.17. The molecule has 5 nitrogen and oxygen atoms in total. The van der Waals surface area contributed by atoms with Crippen LogP contribution in [0.4, 0.5) is 0 Å². The lowest BCUT2D eigenvalue weighted by molar-refractivity contribution is 0.241. The zero-order valence-electron chi connectivity index (χ0n) is 11.4. The molecule has 1 saturated carbocycles. The number of nitrogens with zero attached hydrogens (tertiary/aromatic N) is 1. The third kappa shape index (κ3) is 3.91. The van der Waals surface area contributed by atoms with Crippen molar-refractivity contribution in [2.24, 2.45) is 0 Å². The average molecular weight is 275 g/mol. The summed E-state index contributed by atoms with van der Waals surface area (Å²) in [5.41, 5.74) is 0. The van der Waals surface area contributed by atoms with Crippen molar-refractivity contribution in [2.45, 2.75) is 64.1 Å². The molecule has 0 bridgehead atoms. The van der Waals surface area contributed by atoms with E-state index in [9.17, 15) is 8.42 Å². The summed E-state index contributed by atoms with van der Waals surface area (Å²) in [4.78, 5) is 0. The van der Waals surface area contributed by atoms with Gasteiger partial charge >= 0.3 is 0 Å². The fraction of sp³-hybridized carbons (Fsp3) is 1.00. The van der Waals surface area contributed by atoms with Crippen molar-refractivity contribution in [1.82, 2.24) is 14.3 Å². The molecule has 106 valence electrons. The van der Waals surface area contributed by atoms with Crippen LogP contribution in [0.15, 0.2) is 0 Å². The summed E-state index contributed by atoms with van der Waals surface area (Å²) in [5.74, 6) is 0. The van der Waals surface area contributed by atoms with Crippen molar-refractivity contribution in [3.05, 3.63) is 0 Å². The first-order valence-electron chi connectivity index (χ1n) is 7.01. The zero-order valence-corrected chi connectivity index (χ0v) is 12.2. The Morgan fingerprint density at radius 1 is 1.22 bits per heavy atom. The van der Waals surface area contributed by atoms with Gasteiger partial charge in [-0.2, -0.15) is 17.4 Å². The van der Waals surface area contributed by atoms with Crippen LogP contribution in [0.1, 0.15) is 46.0 Å². The molecule has 18 heavy (non-hydrogen) atoms. The first kappa shape index (κ1) is 14.2. The summed E-state index contributed by atoms with van der Waals surface area (Å²) in [5, 5.41) is 3.45. The summed E-state index contributed by atoms with van der Waals surface area (Å²) in [6, 6.07) is 0.708. The van der Waals surface area contributed by atoms with Gasteiger partial charge in [-0.3, -0.25) is 0 Å². The fourth-order valence-corrected chi connectivity index (χ4v) is 4.12. The summed E-state index contributed by atoms with van der Waals surface area (Å²) < 4.78 is 28.9. The van der Waals surface area contributed by atoms with Crippen LogP contribution < -0.4 is 10.0 Å². The van der Waals surface area contributed by atoms with Crippen LogP contribution in [0.25, 0.3) is 0 Å². The Morgan fingerprint density at radius 2 is 1.94 bits per heavy atom. The molecular weight excluding hydrogens is 250 g/mol. The van der Waals surface area contributed by atoms with Crippen LogP contribution in [-0.4, -0.2) is 43.9 Å². The van der Waals surface area contributed by atoms with Gasteiger partial charge in [-0.25, -0.2) is 0 Å². The minimum Gasteiger partial charge on any atom is -0.312 e. The van der Waals surface area contributed by atoms with E-state index in [0.29, 0.717) is 12.6 Å². The van der Waals surface area contributed by atoms with Crippen molar-refractivity contribution >= 4 is 10.2 Å². The predicted octanol–water partition coefficient (Wildman–Crippen LogP) is 0.836. The van der Waals surface area contributed by atoms with Crippen LogP contribution >= 0.6 is 0 Å². The van der Waals surface area contributed by atoms with Gasteiger partial charge in [0.05, 0.1) is 0 Å². The van der Waals surface area contributed by atoms with E-state index in [-0.39, 0.29) is 12.1 Å². The Morgan fingerprint density at radius 3 is 2.56 bits per heavy atom. The standard InChI is InChI=1S/C12H25N3O2S/c1-10(2)14-18(16,17)15-8-4-3-5-12(15)9-13-11-6-7-11/h10-14H,3-9H2,1-2H3. The van der Waals surface area contributed by atoms with Gasteiger partial charge < -0.3 is 5.32 Å². The zero-order chi connectivity index (χ0) is 13.2. The van der Waals surface area contributed by atoms with Gasteiger partial charge in [0, 0.05) is 31.2 Å². The third-order valence-corrected chi connectivity index (χ3v) is 5.35. The lowest BCUT2D eigenvalue weighted by Gasteiger charge is -2.35. The molecule has 1 aliphatic heterocycles. The highest BCUT2D eigenvalue weighted by Gasteiger charge is 2.33. The Labute approximate surface area is 110 Å². The second-order valence-corrected chi connectivity index (χ2v) is 7.38. The van der Waals surface area contributed by atoms with Gasteiger partial charge in [0.15, 0.2) is 0 Å². The van der Waals surface area contributed by atoms with E-state index in [2.05, 4.69) is 10.0 Å². The minimum absolute atomic E-state index is 0.0473. The highest BCUT2D eigenvalue weighted by atomic mass is 32.2. The molecular formula is C12H25N3O2S. The second-order valence-electron chi connectivity index (χ2n) is 5.72. The minimum atomic E-state index is -3.32. The molecule has 2 rings (SSSR count). The van der Waals surface area contributed by atoms with E-state index < -0.39 is 10.2 Å². The Kier molecular flexibility index (Phi) is 4.64. The molecule has 2 N–H and O–H groups in total. The quantitative estimate of drug-likeness (QED) is 0.755. The number of hydrogen-bond acceptors (Lipinski definition) is 3. The Balaban J connectivity index is 1.96. The molecule has 2 aliphatic rings. The highest BCUT2D eigenvalue weighted by molar-refractivity contribution is 7.87. The number of hydrogen-bond donors (Lipinski definition) is 2. The van der Waals surface area contributed by atoms with E-state index in [0.717, 1.165) is 25.8 Å². The molecule has 0 aromatic carbocycles. The Hall–Kier alpha value is -0.170. The summed E-state index contributed by atoms with van der Waals surface area (Å²) in [6.07, 6.45) is 5.55. The van der Waals surface area contributed by atoms with Crippen molar-refractivity contribution in [2.75, 3.05) is 13.1 Å². The second kappa shape index (κ2) is 5.86. The monoisotopic (exact) mass is 275 g/mol. The maximum absolute atomic E-state index is 12.3. The van der Waals surface area contributed by atoms with E-state index in [4.69, 9.17) is 0 Å². The molecule has 1 heterocycles. The lowest BCUT2D eigenvalue weighted by Crippen LogP contribution is -2.53. The maximum Gasteiger partial charge on any atom is 0.279 e. The van der Waals surface area contributed by atoms with E-state index >= 15 is 0 Å². The van der Waals surface area contributed by atoms with Crippen molar-refractivity contribution in [1.29, 1.82) is 0 Å². The smallest absolute Gasteiger partial charge is 0.279 e. The maximum atomic E-state index is 12.3. The van der Waals surface area contributed by atoms with Crippen LogP contribution in [-0.2, 0) is 10.2 Å². The van der Waals surface area contributed by atoms with E-state index in [1.54, 1.807) is 4.31 Å². The highest BCUT2D eigenvalue weighted by Crippen LogP contribution is 2.22. The van der Waals surface area contributed by atoms with Crippen LogP contribution in [0.3, 0.4) is 0 Å². The predicted molar refractivity (Wildman–Crippen MR) is 72.6 cm³/mol. The largest absolute Gasteiger partial charge is 0.312 e. The number of nitrogens with one attached hydrogen (secondary N) is 2. The van der Waals surface area contributed by atoms with Gasteiger partial charge in [0.25, 0.3) is 10.2 Å². The molecule has 0 aromatic rings. The van der Waals surface area contributed by atoms with Gasteiger partial charge in [-0.1, -0.05) is 6.42 Å². The molecule has 1 atom stereocenters. The van der Waals surface area contributed by atoms with Gasteiger partial charge in [0.2, 0.25) is 0 Å². The first-order chi connectivity index (χ1) is 8.49. The number of rotatable bonds is 6. The summed E-state index contributed by atoms with van der Waals surface area (Å²) in [7, 11) is -3.32. The van der Waals surface area contributed by atoms with Gasteiger partial charge in [0.1, 0.15) is 0 Å². The molecule has 0 spiro atoms. The third-order valence-electron chi connectivity index (χ3n) is 3.49. The van der Waals surface area contributed by atoms with Crippen molar-refractivity contribution in [3.8, 4) is 0 Å². The fourth-order valence-electron chi connectivity index (χ4n) is 2.45. The van der Waals surface area contributed by atoms with Crippen LogP contribution in [0.5, 0.6) is 0 Å². The van der Waals surface area contributed by atoms with E-state index in [1.807, 2.05) is 13.8 Å². The lowest BCUT2D eigenvalue weighted by atomic mass is 10.1. The molecule has 2 fully saturated rings. The van der Waals surface area contributed by atoms with Crippen LogP contribution in [0, 0.1) is 0 Å². The molecule has 0 amide bonds. The number of piperidine rings is 1. The first-order valence-corrected chi connectivity index (χ1v) is 8.45. The molecule has 0 aromatic heterocycles. The molecule has 6 heteroatoms. The van der Waals surface area contributed by atoms with Gasteiger partial charge in [-0.05, 0) is 39.5 Å². The van der Waals surface area contributed by atoms with Gasteiger partial charge in [-0.15, -0.1) is 0 Å². The average Bonchev–Trinajstić information content (AvgIpc) is 3.08. The van der Waals surface area contributed by atoms with Crippen molar-refractivity contribution < 1.29 is 8.42 Å². The van der Waals surface area contributed by atoms with Crippen molar-refractivity contribution in [3.63, 3.8) is 0 Å². The van der Waals surface area contributed by atoms with E-state index in [1.165, 1.54) is 12.8 Å². The topological polar surface area (TPSA) is 61.4 Å². The SMILES string of the molecule is CC(C)NS(=O)(=O)N1CCCCC1CNC1CC1. The molecule has 0 radical (unpaired) electrons. The Bertz CT molecular complexity index is 366. The summed E-state index contributed by atoms with van der Waals surface area (Å²) >= 11 is 0. The van der Waals surface area contributed by atoms with Crippen LogP contribution in [0.2, 0.25) is 0 Å². The molecule has 1 aliphatic carbocycles. The molecule has 1 saturated heterocycles. The normalized spacial score (nSPS) is 26.7. The molecule has 1 unspecified atom stereocenters.